The second-order valence-electron chi connectivity index (χ2n) is 3.82. The Morgan fingerprint density at radius 1 is 1.60 bits per heavy atom. The van der Waals surface area contributed by atoms with E-state index in [1.54, 1.807) is 6.20 Å². The number of nitrogens with zero attached hydrogens (tertiary/aromatic N) is 2. The molecule has 1 fully saturated rings. The number of piperidine rings is 1. The van der Waals surface area contributed by atoms with Crippen LogP contribution >= 0.6 is 11.6 Å². The summed E-state index contributed by atoms with van der Waals surface area (Å²) in [6.45, 7) is 2.64. The molecule has 1 aliphatic rings. The molecule has 1 N–H and O–H groups in total. The molecule has 1 saturated heterocycles. The van der Waals surface area contributed by atoms with Crippen molar-refractivity contribution in [2.45, 2.75) is 25.6 Å². The van der Waals surface area contributed by atoms with Gasteiger partial charge in [-0.25, -0.2) is 4.98 Å². The van der Waals surface area contributed by atoms with Crippen molar-refractivity contribution >= 4 is 11.6 Å². The molecule has 0 unspecified atom stereocenters. The Bertz CT molecular complexity index is 320. The van der Waals surface area contributed by atoms with Crippen LogP contribution in [0.3, 0.4) is 0 Å². The zero-order valence-electron chi connectivity index (χ0n) is 8.87. The van der Waals surface area contributed by atoms with Crippen molar-refractivity contribution in [3.63, 3.8) is 0 Å². The van der Waals surface area contributed by atoms with E-state index in [-0.39, 0.29) is 0 Å². The molecule has 0 saturated carbocycles. The predicted molar refractivity (Wildman–Crippen MR) is 58.9 cm³/mol. The third-order valence-corrected chi connectivity index (χ3v) is 3.11. The molecule has 5 heteroatoms. The van der Waals surface area contributed by atoms with Crippen LogP contribution in [0.5, 0.6) is 0 Å². The van der Waals surface area contributed by atoms with Crippen LogP contribution in [0.1, 0.15) is 18.7 Å². The van der Waals surface area contributed by atoms with Crippen LogP contribution in [-0.2, 0) is 18.4 Å². The van der Waals surface area contributed by atoms with Crippen molar-refractivity contribution in [2.75, 3.05) is 13.1 Å². The molecular formula is C10H16ClN3O. The number of aromatic nitrogens is 2. The van der Waals surface area contributed by atoms with Gasteiger partial charge in [0.15, 0.2) is 0 Å². The summed E-state index contributed by atoms with van der Waals surface area (Å²) in [7, 11) is 1.90. The first-order valence-electron chi connectivity index (χ1n) is 5.26. The van der Waals surface area contributed by atoms with E-state index in [9.17, 15) is 0 Å². The van der Waals surface area contributed by atoms with Gasteiger partial charge < -0.3 is 14.6 Å². The maximum atomic E-state index is 5.89. The van der Waals surface area contributed by atoms with Gasteiger partial charge in [0.25, 0.3) is 0 Å². The molecule has 1 aromatic heterocycles. The minimum Gasteiger partial charge on any atom is -0.370 e. The molecule has 1 aliphatic heterocycles. The van der Waals surface area contributed by atoms with Crippen molar-refractivity contribution in [3.8, 4) is 0 Å². The molecule has 0 atom stereocenters. The minimum absolute atomic E-state index is 0.363. The van der Waals surface area contributed by atoms with E-state index in [2.05, 4.69) is 10.3 Å². The van der Waals surface area contributed by atoms with Gasteiger partial charge in [-0.2, -0.15) is 0 Å². The maximum Gasteiger partial charge on any atom is 0.135 e. The van der Waals surface area contributed by atoms with Crippen LogP contribution < -0.4 is 5.32 Å². The van der Waals surface area contributed by atoms with E-state index in [1.165, 1.54) is 0 Å². The number of nitrogens with one attached hydrogen (secondary N) is 1. The standard InChI is InChI=1S/C10H16ClN3O/c1-14-9(11)6-13-10(14)7-15-8-2-4-12-5-3-8/h6,8,12H,2-5,7H2,1H3. The van der Waals surface area contributed by atoms with Crippen molar-refractivity contribution in [2.24, 2.45) is 7.05 Å². The Morgan fingerprint density at radius 3 is 2.93 bits per heavy atom. The van der Waals surface area contributed by atoms with Crippen LogP contribution in [0.25, 0.3) is 0 Å². The Kier molecular flexibility index (Phi) is 3.61. The Morgan fingerprint density at radius 2 is 2.33 bits per heavy atom. The van der Waals surface area contributed by atoms with E-state index < -0.39 is 0 Å². The molecule has 0 bridgehead atoms. The summed E-state index contributed by atoms with van der Waals surface area (Å²) < 4.78 is 7.63. The van der Waals surface area contributed by atoms with E-state index >= 15 is 0 Å². The lowest BCUT2D eigenvalue weighted by atomic mass is 10.1. The molecule has 15 heavy (non-hydrogen) atoms. The molecule has 0 amide bonds. The quantitative estimate of drug-likeness (QED) is 0.851. The second kappa shape index (κ2) is 4.96. The van der Waals surface area contributed by atoms with Gasteiger partial charge in [0.05, 0.1) is 12.3 Å². The number of rotatable bonds is 3. The largest absolute Gasteiger partial charge is 0.370 e. The van der Waals surface area contributed by atoms with Gasteiger partial charge in [-0.1, -0.05) is 11.6 Å². The highest BCUT2D eigenvalue weighted by atomic mass is 35.5. The molecule has 84 valence electrons. The fraction of sp³-hybridized carbons (Fsp3) is 0.700. The topological polar surface area (TPSA) is 39.1 Å². The highest BCUT2D eigenvalue weighted by Crippen LogP contribution is 2.13. The second-order valence-corrected chi connectivity index (χ2v) is 4.20. The number of ether oxygens (including phenoxy) is 1. The third kappa shape index (κ3) is 2.71. The molecule has 2 rings (SSSR count). The molecule has 2 heterocycles. The first-order valence-corrected chi connectivity index (χ1v) is 5.63. The Balaban J connectivity index is 1.84. The first kappa shape index (κ1) is 10.9. The zero-order valence-corrected chi connectivity index (χ0v) is 9.63. The van der Waals surface area contributed by atoms with Crippen molar-refractivity contribution in [1.82, 2.24) is 14.9 Å². The van der Waals surface area contributed by atoms with E-state index in [0.717, 1.165) is 31.8 Å². The maximum absolute atomic E-state index is 5.89. The highest BCUT2D eigenvalue weighted by molar-refractivity contribution is 6.29. The molecule has 0 spiro atoms. The van der Waals surface area contributed by atoms with Gasteiger partial charge in [-0.05, 0) is 25.9 Å². The van der Waals surface area contributed by atoms with Crippen LogP contribution in [0.15, 0.2) is 6.20 Å². The average Bonchev–Trinajstić information content (AvgIpc) is 2.59. The van der Waals surface area contributed by atoms with Gasteiger partial charge in [0.1, 0.15) is 17.6 Å². The van der Waals surface area contributed by atoms with Gasteiger partial charge >= 0.3 is 0 Å². The Hall–Kier alpha value is -0.580. The number of hydrogen-bond acceptors (Lipinski definition) is 3. The summed E-state index contributed by atoms with van der Waals surface area (Å²) >= 11 is 5.89. The summed E-state index contributed by atoms with van der Waals surface area (Å²) in [6.07, 6.45) is 4.18. The fourth-order valence-corrected chi connectivity index (χ4v) is 1.86. The number of imidazole rings is 1. The summed E-state index contributed by atoms with van der Waals surface area (Å²) in [6, 6.07) is 0. The van der Waals surface area contributed by atoms with E-state index in [1.807, 2.05) is 11.6 Å². The molecular weight excluding hydrogens is 214 g/mol. The SMILES string of the molecule is Cn1c(Cl)cnc1COC1CCNCC1. The average molecular weight is 230 g/mol. The summed E-state index contributed by atoms with van der Waals surface area (Å²) in [5, 5.41) is 3.96. The van der Waals surface area contributed by atoms with Crippen LogP contribution in [0, 0.1) is 0 Å². The van der Waals surface area contributed by atoms with Gasteiger partial charge in [-0.15, -0.1) is 0 Å². The van der Waals surface area contributed by atoms with Crippen LogP contribution in [0.4, 0.5) is 0 Å². The number of hydrogen-bond donors (Lipinski definition) is 1. The van der Waals surface area contributed by atoms with Crippen molar-refractivity contribution < 1.29 is 4.74 Å². The van der Waals surface area contributed by atoms with E-state index in [4.69, 9.17) is 16.3 Å². The molecule has 4 nitrogen and oxygen atoms in total. The predicted octanol–water partition coefficient (Wildman–Crippen LogP) is 1.34. The normalized spacial score (nSPS) is 18.3. The van der Waals surface area contributed by atoms with Crippen molar-refractivity contribution in [3.05, 3.63) is 17.2 Å². The monoisotopic (exact) mass is 229 g/mol. The van der Waals surface area contributed by atoms with E-state index in [0.29, 0.717) is 17.9 Å². The number of halogens is 1. The lowest BCUT2D eigenvalue weighted by Crippen LogP contribution is -2.32. The summed E-state index contributed by atoms with van der Waals surface area (Å²) in [4.78, 5) is 4.19. The minimum atomic E-state index is 0.363. The summed E-state index contributed by atoms with van der Waals surface area (Å²) in [5.74, 6) is 0.888. The summed E-state index contributed by atoms with van der Waals surface area (Å²) in [5.41, 5.74) is 0. The van der Waals surface area contributed by atoms with Crippen LogP contribution in [0.2, 0.25) is 5.15 Å². The van der Waals surface area contributed by atoms with Gasteiger partial charge in [0.2, 0.25) is 0 Å². The lowest BCUT2D eigenvalue weighted by molar-refractivity contribution is 0.0168. The lowest BCUT2D eigenvalue weighted by Gasteiger charge is -2.22. The molecule has 0 aliphatic carbocycles. The van der Waals surface area contributed by atoms with Gasteiger partial charge in [-0.3, -0.25) is 0 Å². The molecule has 0 radical (unpaired) electrons. The smallest absolute Gasteiger partial charge is 0.135 e. The van der Waals surface area contributed by atoms with Crippen molar-refractivity contribution in [1.29, 1.82) is 0 Å². The first-order chi connectivity index (χ1) is 7.27. The van der Waals surface area contributed by atoms with Crippen LogP contribution in [-0.4, -0.2) is 28.7 Å². The Labute approximate surface area is 94.6 Å². The third-order valence-electron chi connectivity index (χ3n) is 2.76. The van der Waals surface area contributed by atoms with Gasteiger partial charge in [0, 0.05) is 7.05 Å². The fourth-order valence-electron chi connectivity index (χ4n) is 1.71. The highest BCUT2D eigenvalue weighted by Gasteiger charge is 2.14. The molecule has 1 aromatic rings. The zero-order chi connectivity index (χ0) is 10.7. The molecule has 0 aromatic carbocycles.